The van der Waals surface area contributed by atoms with E-state index in [9.17, 15) is 17.6 Å². The van der Waals surface area contributed by atoms with Crippen LogP contribution in [0.15, 0.2) is 41.3 Å². The predicted octanol–water partition coefficient (Wildman–Crippen LogP) is 3.49. The van der Waals surface area contributed by atoms with Crippen LogP contribution in [0.4, 0.5) is 4.39 Å². The van der Waals surface area contributed by atoms with Gasteiger partial charge in [-0.3, -0.25) is 4.79 Å². The molecule has 2 aliphatic heterocycles. The van der Waals surface area contributed by atoms with Gasteiger partial charge >= 0.3 is 5.97 Å². The van der Waals surface area contributed by atoms with E-state index in [1.54, 1.807) is 12.1 Å². The number of halogens is 2. The normalized spacial score (nSPS) is 19.4. The Labute approximate surface area is 184 Å². The molecule has 0 aliphatic carbocycles. The number of nitrogens with zero attached hydrogens (tertiary/aromatic N) is 1. The Kier molecular flexibility index (Phi) is 6.47. The van der Waals surface area contributed by atoms with Gasteiger partial charge in [-0.2, -0.15) is 4.31 Å². The number of ether oxygens (including phenoxy) is 3. The van der Waals surface area contributed by atoms with Crippen LogP contribution in [0, 0.1) is 11.7 Å². The summed E-state index contributed by atoms with van der Waals surface area (Å²) in [6, 6.07) is 8.05. The number of piperidine rings is 1. The third-order valence-corrected chi connectivity index (χ3v) is 7.39. The predicted molar refractivity (Wildman–Crippen MR) is 109 cm³/mol. The summed E-state index contributed by atoms with van der Waals surface area (Å²) in [5.74, 6) is -1.01. The lowest BCUT2D eigenvalue weighted by Gasteiger charge is -2.30. The molecule has 2 heterocycles. The molecular formula is C21H21ClFNO6S. The maximum absolute atomic E-state index is 13.1. The first kappa shape index (κ1) is 22.0. The van der Waals surface area contributed by atoms with E-state index in [1.807, 2.05) is 0 Å². The lowest BCUT2D eigenvalue weighted by molar-refractivity contribution is -0.151. The Morgan fingerprint density at radius 3 is 2.81 bits per heavy atom. The van der Waals surface area contributed by atoms with Crippen molar-refractivity contribution < 1.29 is 31.8 Å². The average Bonchev–Trinajstić information content (AvgIpc) is 2.77. The number of carbonyl (C=O) groups excluding carboxylic acids is 1. The number of hydrogen-bond donors (Lipinski definition) is 0. The maximum atomic E-state index is 13.1. The molecule has 0 spiro atoms. The van der Waals surface area contributed by atoms with E-state index in [0.29, 0.717) is 42.3 Å². The fraction of sp³-hybridized carbons (Fsp3) is 0.381. The molecule has 1 unspecified atom stereocenters. The largest absolute Gasteiger partial charge is 0.467 e. The number of fused-ring (bicyclic) bond motifs is 1. The summed E-state index contributed by atoms with van der Waals surface area (Å²) >= 11 is 6.13. The van der Waals surface area contributed by atoms with E-state index < -0.39 is 27.7 Å². The monoisotopic (exact) mass is 469 g/mol. The van der Waals surface area contributed by atoms with Crippen molar-refractivity contribution in [3.05, 3.63) is 58.4 Å². The summed E-state index contributed by atoms with van der Waals surface area (Å²) in [4.78, 5) is 12.7. The third-order valence-electron chi connectivity index (χ3n) is 5.29. The minimum absolute atomic E-state index is 0.00663. The zero-order valence-corrected chi connectivity index (χ0v) is 18.1. The van der Waals surface area contributed by atoms with Gasteiger partial charge in [-0.05, 0) is 49.2 Å². The van der Waals surface area contributed by atoms with Crippen molar-refractivity contribution in [2.45, 2.75) is 31.0 Å². The second-order valence-corrected chi connectivity index (χ2v) is 9.80. The molecule has 0 N–H and O–H groups in total. The van der Waals surface area contributed by atoms with Crippen LogP contribution in [0.1, 0.15) is 24.0 Å². The van der Waals surface area contributed by atoms with Gasteiger partial charge < -0.3 is 14.2 Å². The summed E-state index contributed by atoms with van der Waals surface area (Å²) in [7, 11) is -3.82. The number of sulfonamides is 1. The highest BCUT2D eigenvalue weighted by Gasteiger charge is 2.34. The Morgan fingerprint density at radius 1 is 1.26 bits per heavy atom. The van der Waals surface area contributed by atoms with Gasteiger partial charge in [0, 0.05) is 29.2 Å². The third kappa shape index (κ3) is 4.85. The van der Waals surface area contributed by atoms with Crippen molar-refractivity contribution >= 4 is 27.6 Å². The van der Waals surface area contributed by atoms with Crippen LogP contribution in [0.3, 0.4) is 0 Å². The SMILES string of the molecule is O=C(OCc1cc(Cl)cc2c1OCOC2)C1CCCN(S(=O)(=O)c2ccc(F)cc2)C1. The van der Waals surface area contributed by atoms with Gasteiger partial charge in [-0.15, -0.1) is 0 Å². The zero-order valence-electron chi connectivity index (χ0n) is 16.6. The van der Waals surface area contributed by atoms with E-state index in [2.05, 4.69) is 0 Å². The smallest absolute Gasteiger partial charge is 0.310 e. The van der Waals surface area contributed by atoms with Crippen LogP contribution >= 0.6 is 11.6 Å². The number of rotatable bonds is 5. The average molecular weight is 470 g/mol. The summed E-state index contributed by atoms with van der Waals surface area (Å²) < 4.78 is 56.3. The maximum Gasteiger partial charge on any atom is 0.310 e. The molecule has 0 aromatic heterocycles. The summed E-state index contributed by atoms with van der Waals surface area (Å²) in [6.07, 6.45) is 1.04. The first-order chi connectivity index (χ1) is 14.8. The fourth-order valence-electron chi connectivity index (χ4n) is 3.74. The van der Waals surface area contributed by atoms with Gasteiger partial charge in [0.1, 0.15) is 18.2 Å². The molecule has 2 aliphatic rings. The van der Waals surface area contributed by atoms with Crippen LogP contribution in [-0.4, -0.2) is 38.6 Å². The van der Waals surface area contributed by atoms with Gasteiger partial charge in [0.05, 0.1) is 17.4 Å². The number of hydrogen-bond acceptors (Lipinski definition) is 6. The zero-order chi connectivity index (χ0) is 22.0. The molecule has 2 aromatic carbocycles. The van der Waals surface area contributed by atoms with E-state index in [0.717, 1.165) is 17.7 Å². The first-order valence-electron chi connectivity index (χ1n) is 9.79. The lowest BCUT2D eigenvalue weighted by atomic mass is 10.00. The Morgan fingerprint density at radius 2 is 2.03 bits per heavy atom. The molecule has 2 aromatic rings. The molecule has 10 heteroatoms. The van der Waals surface area contributed by atoms with E-state index in [1.165, 1.54) is 16.4 Å². The molecule has 0 amide bonds. The van der Waals surface area contributed by atoms with Crippen LogP contribution in [0.5, 0.6) is 5.75 Å². The lowest BCUT2D eigenvalue weighted by Crippen LogP contribution is -2.42. The highest BCUT2D eigenvalue weighted by atomic mass is 35.5. The molecule has 31 heavy (non-hydrogen) atoms. The molecule has 1 fully saturated rings. The topological polar surface area (TPSA) is 82.1 Å². The van der Waals surface area contributed by atoms with Gasteiger partial charge in [0.15, 0.2) is 6.79 Å². The minimum atomic E-state index is -3.82. The standard InChI is InChI=1S/C21H21ClFNO6S/c22-17-8-15-11-28-13-30-20(15)16(9-17)12-29-21(25)14-2-1-7-24(10-14)31(26,27)19-5-3-18(23)4-6-19/h3-6,8-9,14H,1-2,7,10-13H2. The van der Waals surface area contributed by atoms with Crippen LogP contribution in [0.2, 0.25) is 5.02 Å². The van der Waals surface area contributed by atoms with E-state index in [4.69, 9.17) is 25.8 Å². The van der Waals surface area contributed by atoms with Crippen molar-refractivity contribution in [1.29, 1.82) is 0 Å². The molecular weight excluding hydrogens is 449 g/mol. The molecule has 1 saturated heterocycles. The molecule has 0 saturated carbocycles. The molecule has 7 nitrogen and oxygen atoms in total. The summed E-state index contributed by atoms with van der Waals surface area (Å²) in [6.45, 7) is 0.725. The summed E-state index contributed by atoms with van der Waals surface area (Å²) in [5, 5.41) is 0.480. The number of benzene rings is 2. The van der Waals surface area contributed by atoms with E-state index >= 15 is 0 Å². The Balaban J connectivity index is 1.43. The fourth-order valence-corrected chi connectivity index (χ4v) is 5.53. The van der Waals surface area contributed by atoms with Gasteiger partial charge in [0.2, 0.25) is 10.0 Å². The van der Waals surface area contributed by atoms with Crippen molar-refractivity contribution in [1.82, 2.24) is 4.31 Å². The highest BCUT2D eigenvalue weighted by molar-refractivity contribution is 7.89. The van der Waals surface area contributed by atoms with Gasteiger partial charge in [0.25, 0.3) is 0 Å². The number of esters is 1. The molecule has 0 bridgehead atoms. The Hall–Kier alpha value is -2.20. The van der Waals surface area contributed by atoms with Gasteiger partial charge in [-0.25, -0.2) is 12.8 Å². The molecule has 0 radical (unpaired) electrons. The van der Waals surface area contributed by atoms with Crippen molar-refractivity contribution in [2.75, 3.05) is 19.9 Å². The van der Waals surface area contributed by atoms with Crippen LogP contribution in [-0.2, 0) is 37.5 Å². The summed E-state index contributed by atoms with van der Waals surface area (Å²) in [5.41, 5.74) is 1.41. The van der Waals surface area contributed by atoms with Crippen LogP contribution < -0.4 is 4.74 Å². The van der Waals surface area contributed by atoms with Crippen molar-refractivity contribution in [3.8, 4) is 5.75 Å². The van der Waals surface area contributed by atoms with Gasteiger partial charge in [-0.1, -0.05) is 11.6 Å². The second-order valence-electron chi connectivity index (χ2n) is 7.43. The highest BCUT2D eigenvalue weighted by Crippen LogP contribution is 2.32. The minimum Gasteiger partial charge on any atom is -0.467 e. The van der Waals surface area contributed by atoms with E-state index in [-0.39, 0.29) is 24.8 Å². The molecule has 166 valence electrons. The van der Waals surface area contributed by atoms with Crippen molar-refractivity contribution in [3.63, 3.8) is 0 Å². The first-order valence-corrected chi connectivity index (χ1v) is 11.6. The van der Waals surface area contributed by atoms with Crippen LogP contribution in [0.25, 0.3) is 0 Å². The Bertz CT molecular complexity index is 1080. The second kappa shape index (κ2) is 9.12. The molecule has 4 rings (SSSR count). The quantitative estimate of drug-likeness (QED) is 0.623. The number of carbonyl (C=O) groups is 1. The molecule has 1 atom stereocenters. The van der Waals surface area contributed by atoms with Crippen molar-refractivity contribution in [2.24, 2.45) is 5.92 Å².